The molecule has 1 heterocycles. The monoisotopic (exact) mass is 462 g/mol. The maximum absolute atomic E-state index is 12.6. The molecule has 4 rings (SSSR count). The van der Waals surface area contributed by atoms with Crippen LogP contribution >= 0.6 is 11.8 Å². The minimum absolute atomic E-state index is 0.101. The normalized spacial score (nSPS) is 19.0. The average Bonchev–Trinajstić information content (AvgIpc) is 3.14. The molecule has 32 heavy (non-hydrogen) atoms. The van der Waals surface area contributed by atoms with Gasteiger partial charge in [-0.05, 0) is 27.5 Å². The van der Waals surface area contributed by atoms with E-state index in [4.69, 9.17) is 9.16 Å². The van der Waals surface area contributed by atoms with Gasteiger partial charge in [-0.1, -0.05) is 99.6 Å². The van der Waals surface area contributed by atoms with Crippen LogP contribution in [-0.4, -0.2) is 32.2 Å². The van der Waals surface area contributed by atoms with E-state index in [2.05, 4.69) is 69.3 Å². The molecule has 0 saturated carbocycles. The highest BCUT2D eigenvalue weighted by atomic mass is 32.2. The van der Waals surface area contributed by atoms with Crippen molar-refractivity contribution in [1.82, 2.24) is 0 Å². The zero-order valence-electron chi connectivity index (χ0n) is 18.9. The minimum Gasteiger partial charge on any atom is -0.459 e. The number of thioether (sulfide) groups is 1. The van der Waals surface area contributed by atoms with Crippen molar-refractivity contribution in [1.29, 1.82) is 0 Å². The third kappa shape index (κ3) is 4.70. The summed E-state index contributed by atoms with van der Waals surface area (Å²) < 4.78 is 12.7. The van der Waals surface area contributed by atoms with Crippen LogP contribution in [-0.2, 0) is 14.0 Å². The topological polar surface area (TPSA) is 35.5 Å². The summed E-state index contributed by atoms with van der Waals surface area (Å²) in [4.78, 5) is 13.6. The highest BCUT2D eigenvalue weighted by Crippen LogP contribution is 2.38. The molecule has 0 bridgehead atoms. The smallest absolute Gasteiger partial charge is 0.319 e. The van der Waals surface area contributed by atoms with Crippen molar-refractivity contribution in [2.24, 2.45) is 0 Å². The predicted octanol–water partition coefficient (Wildman–Crippen LogP) is 5.04. The van der Waals surface area contributed by atoms with Gasteiger partial charge in [-0.25, -0.2) is 0 Å². The fourth-order valence-electron chi connectivity index (χ4n) is 4.46. The van der Waals surface area contributed by atoms with Crippen molar-refractivity contribution >= 4 is 36.4 Å². The number of esters is 1. The Morgan fingerprint density at radius 2 is 1.38 bits per heavy atom. The summed E-state index contributed by atoms with van der Waals surface area (Å²) in [7, 11) is -2.63. The second-order valence-electron chi connectivity index (χ2n) is 9.19. The van der Waals surface area contributed by atoms with Gasteiger partial charge in [-0.15, -0.1) is 11.8 Å². The SMILES string of the molecule is CC(C)(C)[Si](OCC1CC(Sc2ccccc2)C(=O)O1)(c1ccccc1)c1ccccc1. The van der Waals surface area contributed by atoms with E-state index in [0.717, 1.165) is 4.90 Å². The van der Waals surface area contributed by atoms with E-state index < -0.39 is 8.32 Å². The number of carbonyl (C=O) groups is 1. The molecule has 0 aliphatic carbocycles. The van der Waals surface area contributed by atoms with E-state index >= 15 is 0 Å². The Morgan fingerprint density at radius 3 is 1.88 bits per heavy atom. The van der Waals surface area contributed by atoms with Gasteiger partial charge < -0.3 is 9.16 Å². The summed E-state index contributed by atoms with van der Waals surface area (Å²) >= 11 is 1.58. The zero-order valence-corrected chi connectivity index (χ0v) is 20.7. The lowest BCUT2D eigenvalue weighted by Gasteiger charge is -2.43. The molecular formula is C27H30O3SSi. The van der Waals surface area contributed by atoms with E-state index in [1.165, 1.54) is 10.4 Å². The van der Waals surface area contributed by atoms with Crippen LogP contribution in [0.1, 0.15) is 27.2 Å². The first kappa shape index (κ1) is 22.8. The van der Waals surface area contributed by atoms with Gasteiger partial charge in [0, 0.05) is 11.3 Å². The predicted molar refractivity (Wildman–Crippen MR) is 134 cm³/mol. The molecule has 1 saturated heterocycles. The van der Waals surface area contributed by atoms with Gasteiger partial charge in [0.15, 0.2) is 0 Å². The van der Waals surface area contributed by atoms with Crippen LogP contribution in [0.15, 0.2) is 95.9 Å². The Bertz CT molecular complexity index is 980. The summed E-state index contributed by atoms with van der Waals surface area (Å²) in [6.45, 7) is 7.18. The Kier molecular flexibility index (Phi) is 6.89. The fraction of sp³-hybridized carbons (Fsp3) is 0.296. The van der Waals surface area contributed by atoms with Crippen LogP contribution in [0.5, 0.6) is 0 Å². The number of hydrogen-bond acceptors (Lipinski definition) is 4. The van der Waals surface area contributed by atoms with E-state index in [9.17, 15) is 4.79 Å². The molecule has 1 aliphatic heterocycles. The van der Waals surface area contributed by atoms with E-state index in [0.29, 0.717) is 13.0 Å². The molecule has 3 aromatic carbocycles. The lowest BCUT2D eigenvalue weighted by atomic mass is 10.2. The summed E-state index contributed by atoms with van der Waals surface area (Å²) in [6.07, 6.45) is 0.432. The van der Waals surface area contributed by atoms with Crippen molar-refractivity contribution < 1.29 is 14.0 Å². The standard InChI is InChI=1S/C27H30O3SSi/c1-27(2,3)32(23-15-9-5-10-16-23,24-17-11-6-12-18-24)29-20-21-19-25(26(28)30-21)31-22-13-7-4-8-14-22/h4-18,21,25H,19-20H2,1-3H3. The lowest BCUT2D eigenvalue weighted by molar-refractivity contribution is -0.142. The molecule has 2 unspecified atom stereocenters. The molecule has 1 aliphatic rings. The number of rotatable bonds is 7. The Balaban J connectivity index is 1.58. The van der Waals surface area contributed by atoms with Gasteiger partial charge in [-0.2, -0.15) is 0 Å². The van der Waals surface area contributed by atoms with Gasteiger partial charge in [0.25, 0.3) is 8.32 Å². The Labute approximate surface area is 196 Å². The minimum atomic E-state index is -2.63. The van der Waals surface area contributed by atoms with Crippen molar-refractivity contribution in [3.8, 4) is 0 Å². The lowest BCUT2D eigenvalue weighted by Crippen LogP contribution is -2.67. The van der Waals surface area contributed by atoms with Crippen LogP contribution < -0.4 is 10.4 Å². The van der Waals surface area contributed by atoms with Crippen LogP contribution in [0.4, 0.5) is 0 Å². The molecule has 3 nitrogen and oxygen atoms in total. The summed E-state index contributed by atoms with van der Waals surface area (Å²) in [5, 5.41) is 2.18. The summed E-state index contributed by atoms with van der Waals surface area (Å²) in [5.74, 6) is -0.144. The molecule has 0 aromatic heterocycles. The molecule has 1 fully saturated rings. The highest BCUT2D eigenvalue weighted by molar-refractivity contribution is 8.00. The van der Waals surface area contributed by atoms with Crippen molar-refractivity contribution in [2.45, 2.75) is 48.5 Å². The third-order valence-electron chi connectivity index (χ3n) is 5.95. The first-order valence-electron chi connectivity index (χ1n) is 11.1. The van der Waals surface area contributed by atoms with Crippen LogP contribution in [0, 0.1) is 0 Å². The van der Waals surface area contributed by atoms with E-state index in [-0.39, 0.29) is 22.4 Å². The van der Waals surface area contributed by atoms with Gasteiger partial charge in [0.2, 0.25) is 0 Å². The molecule has 0 amide bonds. The molecule has 5 heteroatoms. The van der Waals surface area contributed by atoms with Crippen molar-refractivity contribution in [3.63, 3.8) is 0 Å². The van der Waals surface area contributed by atoms with Gasteiger partial charge in [0.05, 0.1) is 6.61 Å². The number of hydrogen-bond donors (Lipinski definition) is 0. The van der Waals surface area contributed by atoms with E-state index in [1.807, 2.05) is 42.5 Å². The number of cyclic esters (lactones) is 1. The largest absolute Gasteiger partial charge is 0.459 e. The third-order valence-corrected chi connectivity index (χ3v) is 12.2. The number of ether oxygens (including phenoxy) is 1. The summed E-state index contributed by atoms with van der Waals surface area (Å²) in [6, 6.07) is 31.2. The molecule has 0 N–H and O–H groups in total. The van der Waals surface area contributed by atoms with Gasteiger partial charge in [0.1, 0.15) is 11.4 Å². The van der Waals surface area contributed by atoms with E-state index in [1.54, 1.807) is 11.8 Å². The molecule has 2 atom stereocenters. The number of benzene rings is 3. The van der Waals surface area contributed by atoms with Crippen LogP contribution in [0.3, 0.4) is 0 Å². The first-order chi connectivity index (χ1) is 15.4. The molecule has 3 aromatic rings. The highest BCUT2D eigenvalue weighted by Gasteiger charge is 2.51. The van der Waals surface area contributed by atoms with Gasteiger partial charge in [-0.3, -0.25) is 4.79 Å². The quantitative estimate of drug-likeness (QED) is 0.364. The Hall–Kier alpha value is -2.34. The molecular weight excluding hydrogens is 432 g/mol. The fourth-order valence-corrected chi connectivity index (χ4v) is 10.2. The second-order valence-corrected chi connectivity index (χ2v) is 14.8. The number of carbonyl (C=O) groups excluding carboxylic acids is 1. The molecule has 0 radical (unpaired) electrons. The van der Waals surface area contributed by atoms with Crippen molar-refractivity contribution in [2.75, 3.05) is 6.61 Å². The van der Waals surface area contributed by atoms with Crippen molar-refractivity contribution in [3.05, 3.63) is 91.0 Å². The first-order valence-corrected chi connectivity index (χ1v) is 13.9. The molecule has 0 spiro atoms. The molecule has 166 valence electrons. The average molecular weight is 463 g/mol. The van der Waals surface area contributed by atoms with Crippen LogP contribution in [0.2, 0.25) is 5.04 Å². The Morgan fingerprint density at radius 1 is 0.875 bits per heavy atom. The summed E-state index contributed by atoms with van der Waals surface area (Å²) in [5.41, 5.74) is 0. The maximum Gasteiger partial charge on any atom is 0.319 e. The second kappa shape index (κ2) is 9.65. The maximum atomic E-state index is 12.6. The zero-order chi connectivity index (χ0) is 22.6. The van der Waals surface area contributed by atoms with Gasteiger partial charge >= 0.3 is 5.97 Å². The van der Waals surface area contributed by atoms with Crippen LogP contribution in [0.25, 0.3) is 0 Å².